The summed E-state index contributed by atoms with van der Waals surface area (Å²) in [5.41, 5.74) is 11.6. The van der Waals surface area contributed by atoms with E-state index in [4.69, 9.17) is 17.1 Å². The van der Waals surface area contributed by atoms with E-state index in [-0.39, 0.29) is 0 Å². The summed E-state index contributed by atoms with van der Waals surface area (Å²) in [5, 5.41) is 0.622. The van der Waals surface area contributed by atoms with Gasteiger partial charge in [-0.2, -0.15) is 4.79 Å². The summed E-state index contributed by atoms with van der Waals surface area (Å²) < 4.78 is 0. The van der Waals surface area contributed by atoms with Crippen LogP contribution in [0.15, 0.2) is 53.2 Å². The summed E-state index contributed by atoms with van der Waals surface area (Å²) in [6, 6.07) is 10.3. The van der Waals surface area contributed by atoms with E-state index in [0.29, 0.717) is 17.2 Å². The van der Waals surface area contributed by atoms with Crippen LogP contribution in [0.1, 0.15) is 18.9 Å². The van der Waals surface area contributed by atoms with Crippen LogP contribution in [-0.2, 0) is 6.54 Å². The number of rotatable bonds is 4. The van der Waals surface area contributed by atoms with E-state index >= 15 is 0 Å². The van der Waals surface area contributed by atoms with Crippen molar-refractivity contribution in [3.63, 3.8) is 0 Å². The van der Waals surface area contributed by atoms with Crippen LogP contribution in [0.5, 0.6) is 0 Å². The summed E-state index contributed by atoms with van der Waals surface area (Å²) in [4.78, 5) is 5.40. The molecule has 0 radical (unpaired) electrons. The third kappa shape index (κ3) is 3.34. The Bertz CT molecular complexity index is 554. The first-order valence-electron chi connectivity index (χ1n) is 6.32. The minimum absolute atomic E-state index is 0.588. The fourth-order valence-electron chi connectivity index (χ4n) is 2.10. The SMILES string of the molecule is CCN(Cc1ccccc1)C1=CCC(=[N+]=[N-])C=C1Cl. The molecular formula is C15H16ClN3. The molecule has 3 nitrogen and oxygen atoms in total. The quantitative estimate of drug-likeness (QED) is 0.610. The summed E-state index contributed by atoms with van der Waals surface area (Å²) in [6.45, 7) is 3.79. The number of halogens is 1. The maximum absolute atomic E-state index is 8.77. The highest BCUT2D eigenvalue weighted by molar-refractivity contribution is 6.33. The van der Waals surface area contributed by atoms with Crippen molar-refractivity contribution < 1.29 is 4.79 Å². The van der Waals surface area contributed by atoms with Crippen molar-refractivity contribution in [2.45, 2.75) is 19.9 Å². The number of benzene rings is 1. The third-order valence-corrected chi connectivity index (χ3v) is 3.41. The zero-order valence-corrected chi connectivity index (χ0v) is 11.6. The van der Waals surface area contributed by atoms with Gasteiger partial charge in [0, 0.05) is 19.2 Å². The third-order valence-electron chi connectivity index (χ3n) is 3.11. The van der Waals surface area contributed by atoms with E-state index in [2.05, 4.69) is 28.7 Å². The fourth-order valence-corrected chi connectivity index (χ4v) is 2.42. The lowest BCUT2D eigenvalue weighted by Crippen LogP contribution is -2.24. The normalized spacial score (nSPS) is 14.5. The highest BCUT2D eigenvalue weighted by Crippen LogP contribution is 2.25. The van der Waals surface area contributed by atoms with Crippen molar-refractivity contribution in [3.05, 3.63) is 64.3 Å². The summed E-state index contributed by atoms with van der Waals surface area (Å²) >= 11 is 6.26. The first-order chi connectivity index (χ1) is 9.24. The second kappa shape index (κ2) is 6.37. The van der Waals surface area contributed by atoms with Crippen LogP contribution < -0.4 is 0 Å². The van der Waals surface area contributed by atoms with Crippen LogP contribution in [0, 0.1) is 0 Å². The smallest absolute Gasteiger partial charge is 0.297 e. The molecule has 2 rings (SSSR count). The highest BCUT2D eigenvalue weighted by Gasteiger charge is 2.19. The molecule has 4 heteroatoms. The Hall–Kier alpha value is -1.83. The maximum Gasteiger partial charge on any atom is 0.297 e. The number of hydrogen-bond donors (Lipinski definition) is 0. The molecule has 0 spiro atoms. The van der Waals surface area contributed by atoms with Gasteiger partial charge in [-0.1, -0.05) is 41.9 Å². The molecule has 0 saturated heterocycles. The number of nitrogens with zero attached hydrogens (tertiary/aromatic N) is 3. The first-order valence-corrected chi connectivity index (χ1v) is 6.70. The first kappa shape index (κ1) is 13.6. The molecule has 0 heterocycles. The van der Waals surface area contributed by atoms with Gasteiger partial charge in [0.15, 0.2) is 0 Å². The van der Waals surface area contributed by atoms with E-state index in [9.17, 15) is 0 Å². The minimum atomic E-state index is 0.588. The van der Waals surface area contributed by atoms with Gasteiger partial charge < -0.3 is 10.4 Å². The van der Waals surface area contributed by atoms with Crippen LogP contribution in [0.2, 0.25) is 0 Å². The van der Waals surface area contributed by atoms with Crippen molar-refractivity contribution in [1.29, 1.82) is 0 Å². The molecule has 19 heavy (non-hydrogen) atoms. The average Bonchev–Trinajstić information content (AvgIpc) is 2.46. The molecule has 1 aliphatic carbocycles. The zero-order chi connectivity index (χ0) is 13.7. The lowest BCUT2D eigenvalue weighted by molar-refractivity contribution is -0.00550. The van der Waals surface area contributed by atoms with Crippen molar-refractivity contribution in [2.24, 2.45) is 0 Å². The molecule has 1 aliphatic rings. The standard InChI is InChI=1S/C15H16ClN3/c1-2-19(11-12-6-4-3-5-7-12)15-9-8-13(18-17)10-14(15)16/h3-7,9-10H,2,8,11H2,1H3. The molecule has 0 unspecified atom stereocenters. The Morgan fingerprint density at radius 3 is 2.63 bits per heavy atom. The van der Waals surface area contributed by atoms with Gasteiger partial charge in [0.1, 0.15) is 0 Å². The van der Waals surface area contributed by atoms with Crippen LogP contribution in [-0.4, -0.2) is 21.9 Å². The summed E-state index contributed by atoms with van der Waals surface area (Å²) in [7, 11) is 0. The lowest BCUT2D eigenvalue weighted by atomic mass is 10.1. The van der Waals surface area contributed by atoms with Crippen LogP contribution in [0.25, 0.3) is 5.53 Å². The van der Waals surface area contributed by atoms with Gasteiger partial charge in [0.2, 0.25) is 0 Å². The van der Waals surface area contributed by atoms with Gasteiger partial charge in [-0.3, -0.25) is 0 Å². The molecule has 0 amide bonds. The van der Waals surface area contributed by atoms with E-state index in [0.717, 1.165) is 18.8 Å². The van der Waals surface area contributed by atoms with Gasteiger partial charge in [0.25, 0.3) is 5.71 Å². The molecule has 1 aromatic rings. The van der Waals surface area contributed by atoms with Crippen molar-refractivity contribution in [1.82, 2.24) is 4.90 Å². The van der Waals surface area contributed by atoms with Crippen molar-refractivity contribution in [3.8, 4) is 0 Å². The van der Waals surface area contributed by atoms with Crippen LogP contribution in [0.4, 0.5) is 0 Å². The zero-order valence-electron chi connectivity index (χ0n) is 10.9. The van der Waals surface area contributed by atoms with Crippen LogP contribution in [0.3, 0.4) is 0 Å². The lowest BCUT2D eigenvalue weighted by Gasteiger charge is -2.27. The van der Waals surface area contributed by atoms with Gasteiger partial charge in [-0.25, -0.2) is 0 Å². The maximum atomic E-state index is 8.77. The largest absolute Gasteiger partial charge is 0.367 e. The Morgan fingerprint density at radius 2 is 2.05 bits per heavy atom. The molecule has 0 saturated carbocycles. The topological polar surface area (TPSA) is 39.6 Å². The Balaban J connectivity index is 2.17. The van der Waals surface area contributed by atoms with E-state index in [1.54, 1.807) is 6.08 Å². The predicted octanol–water partition coefficient (Wildman–Crippen LogP) is 3.59. The molecule has 0 aromatic heterocycles. The van der Waals surface area contributed by atoms with Gasteiger partial charge >= 0.3 is 0 Å². The number of likely N-dealkylation sites (N-methyl/N-ethyl adjacent to an activating group) is 1. The second-order valence-corrected chi connectivity index (χ2v) is 4.78. The Kier molecular flexibility index (Phi) is 4.56. The highest BCUT2D eigenvalue weighted by atomic mass is 35.5. The molecule has 0 aliphatic heterocycles. The summed E-state index contributed by atoms with van der Waals surface area (Å²) in [5.74, 6) is 0. The molecule has 0 fully saturated rings. The fraction of sp³-hybridized carbons (Fsp3) is 0.267. The number of hydrogen-bond acceptors (Lipinski definition) is 1. The van der Waals surface area contributed by atoms with Gasteiger partial charge in [-0.15, -0.1) is 0 Å². The van der Waals surface area contributed by atoms with Crippen LogP contribution >= 0.6 is 11.6 Å². The average molecular weight is 274 g/mol. The predicted molar refractivity (Wildman–Crippen MR) is 77.8 cm³/mol. The summed E-state index contributed by atoms with van der Waals surface area (Å²) in [6.07, 6.45) is 4.32. The van der Waals surface area contributed by atoms with E-state index < -0.39 is 0 Å². The Labute approximate surface area is 118 Å². The molecule has 0 N–H and O–H groups in total. The van der Waals surface area contributed by atoms with E-state index in [1.165, 1.54) is 5.56 Å². The minimum Gasteiger partial charge on any atom is -0.367 e. The van der Waals surface area contributed by atoms with Crippen molar-refractivity contribution in [2.75, 3.05) is 6.54 Å². The van der Waals surface area contributed by atoms with Crippen molar-refractivity contribution >= 4 is 17.3 Å². The van der Waals surface area contributed by atoms with Gasteiger partial charge in [-0.05, 0) is 18.6 Å². The molecule has 98 valence electrons. The molecule has 0 atom stereocenters. The second-order valence-electron chi connectivity index (χ2n) is 4.38. The molecular weight excluding hydrogens is 258 g/mol. The number of allylic oxidation sites excluding steroid dienone is 3. The van der Waals surface area contributed by atoms with Gasteiger partial charge in [0.05, 0.1) is 17.2 Å². The monoisotopic (exact) mass is 273 g/mol. The molecule has 0 bridgehead atoms. The van der Waals surface area contributed by atoms with E-state index in [1.807, 2.05) is 24.3 Å². The molecule has 1 aromatic carbocycles. The Morgan fingerprint density at radius 1 is 1.32 bits per heavy atom.